The van der Waals surface area contributed by atoms with Crippen LogP contribution in [0, 0.1) is 0 Å². The van der Waals surface area contributed by atoms with Crippen LogP contribution < -0.4 is 20.1 Å². The molecule has 1 aliphatic rings. The molecular formula is C16H16ClN3O3. The van der Waals surface area contributed by atoms with Crippen LogP contribution >= 0.6 is 11.6 Å². The number of benzene rings is 1. The third-order valence-corrected chi connectivity index (χ3v) is 3.76. The summed E-state index contributed by atoms with van der Waals surface area (Å²) in [5, 5.41) is 6.47. The van der Waals surface area contributed by atoms with Crippen molar-refractivity contribution in [2.75, 3.05) is 19.0 Å². The highest BCUT2D eigenvalue weighted by Crippen LogP contribution is 2.38. The highest BCUT2D eigenvalue weighted by molar-refractivity contribution is 6.32. The molecule has 0 aliphatic carbocycles. The van der Waals surface area contributed by atoms with E-state index in [1.165, 1.54) is 7.11 Å². The van der Waals surface area contributed by atoms with Crippen LogP contribution in [-0.2, 0) is 0 Å². The highest BCUT2D eigenvalue weighted by Gasteiger charge is 2.26. The number of hydrogen-bond acceptors (Lipinski definition) is 5. The molecule has 0 saturated carbocycles. The minimum atomic E-state index is -0.451. The number of amides is 1. The number of anilines is 1. The van der Waals surface area contributed by atoms with Gasteiger partial charge in [0, 0.05) is 6.20 Å². The molecule has 0 radical (unpaired) electrons. The maximum Gasteiger partial charge on any atom is 0.256 e. The molecule has 1 aliphatic heterocycles. The molecule has 23 heavy (non-hydrogen) atoms. The number of methoxy groups -OCH3 is 1. The van der Waals surface area contributed by atoms with Gasteiger partial charge >= 0.3 is 0 Å². The van der Waals surface area contributed by atoms with Gasteiger partial charge < -0.3 is 20.1 Å². The molecule has 1 unspecified atom stereocenters. The van der Waals surface area contributed by atoms with E-state index >= 15 is 0 Å². The normalized spacial score (nSPS) is 16.1. The van der Waals surface area contributed by atoms with Gasteiger partial charge in [-0.15, -0.1) is 0 Å². The number of carbonyl (C=O) groups excluding carboxylic acids is 1. The summed E-state index contributed by atoms with van der Waals surface area (Å²) in [5.41, 5.74) is 1.26. The number of ether oxygens (including phenoxy) is 2. The molecule has 2 aromatic rings. The topological polar surface area (TPSA) is 72.5 Å². The molecule has 3 rings (SSSR count). The molecule has 2 N–H and O–H groups in total. The largest absolute Gasteiger partial charge is 0.491 e. The van der Waals surface area contributed by atoms with E-state index in [2.05, 4.69) is 15.6 Å². The molecule has 0 saturated heterocycles. The van der Waals surface area contributed by atoms with Crippen LogP contribution in [0.4, 0.5) is 5.82 Å². The van der Waals surface area contributed by atoms with Gasteiger partial charge in [0.1, 0.15) is 12.0 Å². The SMILES string of the molecule is CCOc1cc(C2NC(=O)c3cccnc3N2)cc(Cl)c1OC. The third-order valence-electron chi connectivity index (χ3n) is 3.48. The Morgan fingerprint density at radius 1 is 1.35 bits per heavy atom. The third kappa shape index (κ3) is 2.90. The van der Waals surface area contributed by atoms with Crippen LogP contribution in [0.15, 0.2) is 30.5 Å². The molecule has 1 aromatic heterocycles. The van der Waals surface area contributed by atoms with Gasteiger partial charge in [0.2, 0.25) is 0 Å². The second-order valence-corrected chi connectivity index (χ2v) is 5.32. The quantitative estimate of drug-likeness (QED) is 0.900. The Kier molecular flexibility index (Phi) is 4.25. The maximum absolute atomic E-state index is 12.2. The van der Waals surface area contributed by atoms with Crippen LogP contribution in [0.3, 0.4) is 0 Å². The molecule has 7 heteroatoms. The molecule has 1 atom stereocenters. The predicted molar refractivity (Wildman–Crippen MR) is 87.2 cm³/mol. The van der Waals surface area contributed by atoms with Crippen molar-refractivity contribution in [3.8, 4) is 11.5 Å². The van der Waals surface area contributed by atoms with Crippen LogP contribution in [0.5, 0.6) is 11.5 Å². The van der Waals surface area contributed by atoms with Crippen LogP contribution in [-0.4, -0.2) is 24.6 Å². The molecule has 2 heterocycles. The van der Waals surface area contributed by atoms with Gasteiger partial charge in [-0.05, 0) is 36.8 Å². The average Bonchev–Trinajstić information content (AvgIpc) is 2.55. The molecule has 0 spiro atoms. The Morgan fingerprint density at radius 2 is 2.17 bits per heavy atom. The highest BCUT2D eigenvalue weighted by atomic mass is 35.5. The molecule has 1 amide bonds. The Balaban J connectivity index is 1.98. The van der Waals surface area contributed by atoms with Gasteiger partial charge in [0.25, 0.3) is 5.91 Å². The number of aromatic nitrogens is 1. The van der Waals surface area contributed by atoms with E-state index in [0.717, 1.165) is 5.56 Å². The van der Waals surface area contributed by atoms with E-state index in [0.29, 0.717) is 34.5 Å². The number of rotatable bonds is 4. The summed E-state index contributed by atoms with van der Waals surface area (Å²) in [6.45, 7) is 2.35. The van der Waals surface area contributed by atoms with Crippen molar-refractivity contribution >= 4 is 23.3 Å². The van der Waals surface area contributed by atoms with Crippen molar-refractivity contribution in [1.82, 2.24) is 10.3 Å². The van der Waals surface area contributed by atoms with E-state index in [1.54, 1.807) is 30.5 Å². The van der Waals surface area contributed by atoms with Crippen LogP contribution in [0.25, 0.3) is 0 Å². The average molecular weight is 334 g/mol. The predicted octanol–water partition coefficient (Wildman–Crippen LogP) is 3.00. The molecule has 120 valence electrons. The van der Waals surface area contributed by atoms with Crippen molar-refractivity contribution in [1.29, 1.82) is 0 Å². The standard InChI is InChI=1S/C16H16ClN3O3/c1-3-23-12-8-9(7-11(17)13(12)22-2)14-19-15-10(16(21)20-14)5-4-6-18-15/h4-8,14H,3H2,1-2H3,(H,18,19)(H,20,21). The van der Waals surface area contributed by atoms with Gasteiger partial charge in [-0.3, -0.25) is 4.79 Å². The molecule has 0 bridgehead atoms. The number of nitrogens with zero attached hydrogens (tertiary/aromatic N) is 1. The second kappa shape index (κ2) is 6.34. The monoisotopic (exact) mass is 333 g/mol. The summed E-state index contributed by atoms with van der Waals surface area (Å²) in [7, 11) is 1.53. The van der Waals surface area contributed by atoms with E-state index in [-0.39, 0.29) is 5.91 Å². The van der Waals surface area contributed by atoms with Crippen LogP contribution in [0.1, 0.15) is 29.0 Å². The number of carbonyl (C=O) groups is 1. The smallest absolute Gasteiger partial charge is 0.256 e. The summed E-state index contributed by atoms with van der Waals surface area (Å²) < 4.78 is 10.8. The lowest BCUT2D eigenvalue weighted by Crippen LogP contribution is -2.38. The van der Waals surface area contributed by atoms with E-state index < -0.39 is 6.17 Å². The first-order valence-corrected chi connectivity index (χ1v) is 7.54. The van der Waals surface area contributed by atoms with Gasteiger partial charge in [-0.1, -0.05) is 11.6 Å². The Bertz CT molecular complexity index is 751. The van der Waals surface area contributed by atoms with E-state index in [1.807, 2.05) is 6.92 Å². The lowest BCUT2D eigenvalue weighted by atomic mass is 10.1. The minimum Gasteiger partial charge on any atom is -0.491 e. The molecule has 6 nitrogen and oxygen atoms in total. The first-order valence-electron chi connectivity index (χ1n) is 7.16. The summed E-state index contributed by atoms with van der Waals surface area (Å²) in [6.07, 6.45) is 1.18. The number of pyridine rings is 1. The summed E-state index contributed by atoms with van der Waals surface area (Å²) >= 11 is 6.27. The Morgan fingerprint density at radius 3 is 2.91 bits per heavy atom. The minimum absolute atomic E-state index is 0.193. The van der Waals surface area contributed by atoms with Crippen molar-refractivity contribution in [2.24, 2.45) is 0 Å². The number of halogens is 1. The molecule has 0 fully saturated rings. The zero-order valence-electron chi connectivity index (χ0n) is 12.7. The lowest BCUT2D eigenvalue weighted by molar-refractivity contribution is 0.0935. The summed E-state index contributed by atoms with van der Waals surface area (Å²) in [4.78, 5) is 16.4. The summed E-state index contributed by atoms with van der Waals surface area (Å²) in [6, 6.07) is 6.96. The fourth-order valence-corrected chi connectivity index (χ4v) is 2.76. The van der Waals surface area contributed by atoms with Crippen molar-refractivity contribution in [3.63, 3.8) is 0 Å². The van der Waals surface area contributed by atoms with Gasteiger partial charge in [-0.2, -0.15) is 0 Å². The number of hydrogen-bond donors (Lipinski definition) is 2. The first kappa shape index (κ1) is 15.4. The van der Waals surface area contributed by atoms with Gasteiger partial charge in [0.05, 0.1) is 24.3 Å². The number of nitrogens with one attached hydrogen (secondary N) is 2. The van der Waals surface area contributed by atoms with Crippen molar-refractivity contribution < 1.29 is 14.3 Å². The van der Waals surface area contributed by atoms with Crippen molar-refractivity contribution in [3.05, 3.63) is 46.6 Å². The van der Waals surface area contributed by atoms with Crippen molar-refractivity contribution in [2.45, 2.75) is 13.1 Å². The molecular weight excluding hydrogens is 318 g/mol. The zero-order chi connectivity index (χ0) is 16.4. The fourth-order valence-electron chi connectivity index (χ4n) is 2.47. The Labute approximate surface area is 138 Å². The zero-order valence-corrected chi connectivity index (χ0v) is 13.5. The second-order valence-electron chi connectivity index (χ2n) is 4.92. The van der Waals surface area contributed by atoms with Crippen LogP contribution in [0.2, 0.25) is 5.02 Å². The van der Waals surface area contributed by atoms with Gasteiger partial charge in [-0.25, -0.2) is 4.98 Å². The first-order chi connectivity index (χ1) is 11.1. The maximum atomic E-state index is 12.2. The fraction of sp³-hybridized carbons (Fsp3) is 0.250. The lowest BCUT2D eigenvalue weighted by Gasteiger charge is -2.27. The van der Waals surface area contributed by atoms with Gasteiger partial charge in [0.15, 0.2) is 11.5 Å². The Hall–Kier alpha value is -2.47. The number of fused-ring (bicyclic) bond motifs is 1. The summed E-state index contributed by atoms with van der Waals surface area (Å²) in [5.74, 6) is 1.34. The van der Waals surface area contributed by atoms with E-state index in [4.69, 9.17) is 21.1 Å². The van der Waals surface area contributed by atoms with E-state index in [9.17, 15) is 4.79 Å². The molecule has 1 aromatic carbocycles.